The first-order valence-electron chi connectivity index (χ1n) is 8.68. The van der Waals surface area contributed by atoms with Crippen molar-refractivity contribution in [1.82, 2.24) is 19.5 Å². The summed E-state index contributed by atoms with van der Waals surface area (Å²) in [4.78, 5) is 13.4. The third-order valence-electron chi connectivity index (χ3n) is 4.93. The third kappa shape index (κ3) is 3.16. The van der Waals surface area contributed by atoms with Crippen molar-refractivity contribution >= 4 is 32.9 Å². The molecule has 0 bridgehead atoms. The lowest BCUT2D eigenvalue weighted by Crippen LogP contribution is -2.07. The number of fused-ring (bicyclic) bond motifs is 1. The minimum absolute atomic E-state index is 0.255. The Morgan fingerprint density at radius 1 is 1.31 bits per heavy atom. The molecule has 2 N–H and O–H groups in total. The van der Waals surface area contributed by atoms with E-state index in [4.69, 9.17) is 10.5 Å². The predicted molar refractivity (Wildman–Crippen MR) is 108 cm³/mol. The van der Waals surface area contributed by atoms with Gasteiger partial charge in [0.1, 0.15) is 16.0 Å². The Bertz CT molecular complexity index is 966. The van der Waals surface area contributed by atoms with E-state index >= 15 is 0 Å². The number of pyridine rings is 1. The van der Waals surface area contributed by atoms with Gasteiger partial charge in [0.15, 0.2) is 0 Å². The minimum atomic E-state index is 0.255. The molecule has 0 spiro atoms. The molecular formula is C19H24BrN5O. The highest BCUT2D eigenvalue weighted by Gasteiger charge is 2.20. The fourth-order valence-electron chi connectivity index (χ4n) is 3.29. The summed E-state index contributed by atoms with van der Waals surface area (Å²) in [5.74, 6) is 1.53. The van der Waals surface area contributed by atoms with E-state index in [0.717, 1.165) is 44.6 Å². The molecular weight excluding hydrogens is 394 g/mol. The van der Waals surface area contributed by atoms with E-state index in [9.17, 15) is 0 Å². The lowest BCUT2D eigenvalue weighted by molar-refractivity contribution is 0.406. The van der Waals surface area contributed by atoms with Gasteiger partial charge in [0.05, 0.1) is 24.7 Å². The number of nitrogen functional groups attached to an aromatic ring is 1. The van der Waals surface area contributed by atoms with Crippen LogP contribution in [0, 0.1) is 13.8 Å². The molecule has 3 heterocycles. The number of nitrogens with two attached hydrogens (primary N) is 1. The number of nitrogens with zero attached hydrogens (tertiary/aromatic N) is 4. The average molecular weight is 418 g/mol. The van der Waals surface area contributed by atoms with Gasteiger partial charge in [-0.15, -0.1) is 0 Å². The van der Waals surface area contributed by atoms with E-state index < -0.39 is 0 Å². The van der Waals surface area contributed by atoms with Crippen LogP contribution in [0.2, 0.25) is 0 Å². The molecule has 7 heteroatoms. The van der Waals surface area contributed by atoms with Crippen LogP contribution >= 0.6 is 15.9 Å². The largest absolute Gasteiger partial charge is 0.496 e. The first-order chi connectivity index (χ1) is 12.4. The second-order valence-electron chi connectivity index (χ2n) is 6.64. The second-order valence-corrected chi connectivity index (χ2v) is 7.39. The second kappa shape index (κ2) is 7.23. The SMILES string of the molecule is CCC(C)c1cn(Cc2ncc(C)c(OC)c2C)c2nc(N)nc(Br)c12. The molecule has 0 saturated heterocycles. The van der Waals surface area contributed by atoms with Crippen molar-refractivity contribution in [1.29, 1.82) is 0 Å². The minimum Gasteiger partial charge on any atom is -0.496 e. The highest BCUT2D eigenvalue weighted by Crippen LogP contribution is 2.34. The van der Waals surface area contributed by atoms with Crippen molar-refractivity contribution < 1.29 is 4.74 Å². The fraction of sp³-hybridized carbons (Fsp3) is 0.421. The Balaban J connectivity index is 2.17. The van der Waals surface area contributed by atoms with Crippen LogP contribution in [0.1, 0.15) is 48.6 Å². The number of ether oxygens (including phenoxy) is 1. The van der Waals surface area contributed by atoms with E-state index in [1.54, 1.807) is 7.11 Å². The van der Waals surface area contributed by atoms with Crippen molar-refractivity contribution in [2.75, 3.05) is 12.8 Å². The number of halogens is 1. The summed E-state index contributed by atoms with van der Waals surface area (Å²) in [7, 11) is 1.69. The van der Waals surface area contributed by atoms with Crippen molar-refractivity contribution in [2.45, 2.75) is 46.6 Å². The summed E-state index contributed by atoms with van der Waals surface area (Å²) >= 11 is 3.56. The quantitative estimate of drug-likeness (QED) is 0.623. The average Bonchev–Trinajstić information content (AvgIpc) is 2.96. The van der Waals surface area contributed by atoms with E-state index in [-0.39, 0.29) is 5.95 Å². The van der Waals surface area contributed by atoms with Crippen LogP contribution in [-0.4, -0.2) is 26.6 Å². The molecule has 3 aromatic heterocycles. The number of hydrogen-bond acceptors (Lipinski definition) is 5. The van der Waals surface area contributed by atoms with Crippen LogP contribution in [0.3, 0.4) is 0 Å². The van der Waals surface area contributed by atoms with E-state index in [1.807, 2.05) is 20.0 Å². The van der Waals surface area contributed by atoms with E-state index in [1.165, 1.54) is 5.56 Å². The number of aromatic nitrogens is 4. The van der Waals surface area contributed by atoms with Crippen molar-refractivity contribution in [2.24, 2.45) is 0 Å². The smallest absolute Gasteiger partial charge is 0.223 e. The van der Waals surface area contributed by atoms with Crippen LogP contribution in [0.5, 0.6) is 5.75 Å². The molecule has 1 atom stereocenters. The lowest BCUT2D eigenvalue weighted by Gasteiger charge is -2.13. The summed E-state index contributed by atoms with van der Waals surface area (Å²) in [6.07, 6.45) is 5.03. The Morgan fingerprint density at radius 3 is 2.69 bits per heavy atom. The third-order valence-corrected chi connectivity index (χ3v) is 5.51. The molecule has 0 saturated carbocycles. The van der Waals surface area contributed by atoms with E-state index in [0.29, 0.717) is 12.5 Å². The first kappa shape index (κ1) is 18.6. The van der Waals surface area contributed by atoms with Crippen molar-refractivity contribution in [3.8, 4) is 5.75 Å². The summed E-state index contributed by atoms with van der Waals surface area (Å²) in [5, 5.41) is 1.02. The molecule has 3 rings (SSSR count). The maximum Gasteiger partial charge on any atom is 0.223 e. The fourth-order valence-corrected chi connectivity index (χ4v) is 3.88. The summed E-state index contributed by atoms with van der Waals surface area (Å²) < 4.78 is 8.38. The molecule has 0 amide bonds. The van der Waals surface area contributed by atoms with Gasteiger partial charge in [0.2, 0.25) is 5.95 Å². The number of methoxy groups -OCH3 is 1. The van der Waals surface area contributed by atoms with Crippen LogP contribution < -0.4 is 10.5 Å². The predicted octanol–water partition coefficient (Wildman–Crippen LogP) is 4.36. The number of aryl methyl sites for hydroxylation is 1. The maximum atomic E-state index is 5.90. The van der Waals surface area contributed by atoms with Crippen LogP contribution in [0.4, 0.5) is 5.95 Å². The summed E-state index contributed by atoms with van der Waals surface area (Å²) in [6, 6.07) is 0. The number of hydrogen-bond donors (Lipinski definition) is 1. The van der Waals surface area contributed by atoms with Crippen molar-refractivity contribution in [3.05, 3.63) is 39.4 Å². The topological polar surface area (TPSA) is 78.8 Å². The highest BCUT2D eigenvalue weighted by molar-refractivity contribution is 9.10. The van der Waals surface area contributed by atoms with Gasteiger partial charge in [-0.25, -0.2) is 4.98 Å². The maximum absolute atomic E-state index is 5.90. The van der Waals surface area contributed by atoms with Gasteiger partial charge >= 0.3 is 0 Å². The van der Waals surface area contributed by atoms with Gasteiger partial charge in [0, 0.05) is 23.5 Å². The van der Waals surface area contributed by atoms with Gasteiger partial charge in [0.25, 0.3) is 0 Å². The van der Waals surface area contributed by atoms with E-state index in [2.05, 4.69) is 55.5 Å². The molecule has 26 heavy (non-hydrogen) atoms. The molecule has 0 radical (unpaired) electrons. The van der Waals surface area contributed by atoms with Crippen LogP contribution in [-0.2, 0) is 6.54 Å². The highest BCUT2D eigenvalue weighted by atomic mass is 79.9. The first-order valence-corrected chi connectivity index (χ1v) is 9.47. The molecule has 0 aliphatic carbocycles. The summed E-state index contributed by atoms with van der Waals surface area (Å²) in [6.45, 7) is 9.02. The zero-order valence-electron chi connectivity index (χ0n) is 15.8. The molecule has 138 valence electrons. The monoisotopic (exact) mass is 417 g/mol. The Kier molecular flexibility index (Phi) is 5.18. The summed E-state index contributed by atoms with van der Waals surface area (Å²) in [5.41, 5.74) is 11.0. The molecule has 6 nitrogen and oxygen atoms in total. The molecule has 0 aliphatic rings. The zero-order chi connectivity index (χ0) is 19.0. The molecule has 1 unspecified atom stereocenters. The van der Waals surface area contributed by atoms with Gasteiger partial charge in [-0.05, 0) is 47.7 Å². The van der Waals surface area contributed by atoms with Crippen LogP contribution in [0.25, 0.3) is 11.0 Å². The normalized spacial score (nSPS) is 12.5. The standard InChI is InChI=1S/C19H24BrN5O/c1-6-10(2)13-8-25(18-15(13)17(20)23-19(21)24-18)9-14-12(4)16(26-5)11(3)7-22-14/h7-8,10H,6,9H2,1-5H3,(H2,21,23,24). The Morgan fingerprint density at radius 2 is 2.04 bits per heavy atom. The molecule has 0 aromatic carbocycles. The van der Waals surface area contributed by atoms with Gasteiger partial charge < -0.3 is 15.0 Å². The van der Waals surface area contributed by atoms with Crippen molar-refractivity contribution in [3.63, 3.8) is 0 Å². The molecule has 0 fully saturated rings. The van der Waals surface area contributed by atoms with Crippen LogP contribution in [0.15, 0.2) is 17.0 Å². The molecule has 0 aliphatic heterocycles. The number of anilines is 1. The lowest BCUT2D eigenvalue weighted by atomic mass is 10.00. The number of rotatable bonds is 5. The zero-order valence-corrected chi connectivity index (χ0v) is 17.4. The van der Waals surface area contributed by atoms with Gasteiger partial charge in [-0.2, -0.15) is 4.98 Å². The Labute approximate surface area is 161 Å². The Hall–Kier alpha value is -2.15. The van der Waals surface area contributed by atoms with Gasteiger partial charge in [-0.1, -0.05) is 13.8 Å². The van der Waals surface area contributed by atoms with Gasteiger partial charge in [-0.3, -0.25) is 4.98 Å². The molecule has 3 aromatic rings.